The number of thiazole rings is 1. The highest BCUT2D eigenvalue weighted by Crippen LogP contribution is 2.25. The molecular weight excluding hydrogens is 466 g/mol. The van der Waals surface area contributed by atoms with E-state index in [1.54, 1.807) is 36.4 Å². The molecule has 0 bridgehead atoms. The number of nitro groups is 1. The van der Waals surface area contributed by atoms with E-state index in [1.165, 1.54) is 23.5 Å². The van der Waals surface area contributed by atoms with Gasteiger partial charge >= 0.3 is 0 Å². The zero-order valence-corrected chi connectivity index (χ0v) is 18.1. The van der Waals surface area contributed by atoms with Crippen LogP contribution >= 0.6 is 28.3 Å². The summed E-state index contributed by atoms with van der Waals surface area (Å²) in [4.78, 5) is 28.0. The molecule has 6 nitrogen and oxygen atoms in total. The van der Waals surface area contributed by atoms with E-state index in [9.17, 15) is 14.9 Å². The second-order valence-corrected chi connectivity index (χ2v) is 7.00. The van der Waals surface area contributed by atoms with E-state index < -0.39 is 4.92 Å². The molecule has 4 rings (SSSR count). The number of amides is 1. The highest BCUT2D eigenvalue weighted by atomic mass is 79.9. The smallest absolute Gasteiger partial charge is 0.279 e. The minimum absolute atomic E-state index is 0. The van der Waals surface area contributed by atoms with Crippen LogP contribution in [-0.2, 0) is 0 Å². The molecule has 0 saturated heterocycles. The predicted molar refractivity (Wildman–Crippen MR) is 122 cm³/mol. The first-order chi connectivity index (χ1) is 14.1. The Morgan fingerprint density at radius 2 is 1.50 bits per heavy atom. The Hall–Kier alpha value is -3.36. The van der Waals surface area contributed by atoms with Gasteiger partial charge in [-0.2, -0.15) is 4.99 Å². The molecule has 30 heavy (non-hydrogen) atoms. The topological polar surface area (TPSA) is 77.5 Å². The summed E-state index contributed by atoms with van der Waals surface area (Å²) in [5.41, 5.74) is 2.98. The maximum Gasteiger partial charge on any atom is 0.279 e. The molecule has 4 aromatic rings. The van der Waals surface area contributed by atoms with Gasteiger partial charge in [-0.3, -0.25) is 19.5 Å². The number of nitro benzene ring substituents is 1. The number of non-ortho nitro benzene ring substituents is 1. The van der Waals surface area contributed by atoms with Crippen molar-refractivity contribution in [1.29, 1.82) is 0 Å². The molecule has 0 fully saturated rings. The van der Waals surface area contributed by atoms with Crippen molar-refractivity contribution in [3.8, 4) is 16.9 Å². The van der Waals surface area contributed by atoms with Crippen LogP contribution in [0.1, 0.15) is 10.4 Å². The molecule has 0 spiro atoms. The first kappa shape index (κ1) is 21.4. The van der Waals surface area contributed by atoms with Crippen LogP contribution in [0.2, 0.25) is 0 Å². The number of carbonyl (C=O) groups excluding carboxylic acids is 1. The minimum atomic E-state index is -0.429. The highest BCUT2D eigenvalue weighted by molar-refractivity contribution is 8.93. The van der Waals surface area contributed by atoms with Gasteiger partial charge in [-0.1, -0.05) is 36.4 Å². The molecule has 0 saturated carbocycles. The lowest BCUT2D eigenvalue weighted by Crippen LogP contribution is -2.16. The number of rotatable bonds is 4. The molecule has 1 amide bonds. The SMILES string of the molecule is Br.O=C(N=c1scc(-c2ccc([N+](=O)[O-])cc2)n1-c1ccccc1)c1ccccc1. The van der Waals surface area contributed by atoms with Crippen molar-refractivity contribution in [2.45, 2.75) is 0 Å². The Bertz CT molecular complexity index is 1230. The van der Waals surface area contributed by atoms with Gasteiger partial charge in [0.05, 0.1) is 10.6 Å². The average Bonchev–Trinajstić information content (AvgIpc) is 3.18. The van der Waals surface area contributed by atoms with Crippen LogP contribution in [0.4, 0.5) is 5.69 Å². The fraction of sp³-hybridized carbons (Fsp3) is 0. The Kier molecular flexibility index (Phi) is 6.71. The molecule has 8 heteroatoms. The van der Waals surface area contributed by atoms with Crippen LogP contribution in [0.3, 0.4) is 0 Å². The summed E-state index contributed by atoms with van der Waals surface area (Å²) >= 11 is 1.34. The lowest BCUT2D eigenvalue weighted by atomic mass is 10.1. The Morgan fingerprint density at radius 1 is 0.900 bits per heavy atom. The van der Waals surface area contributed by atoms with Gasteiger partial charge in [-0.15, -0.1) is 28.3 Å². The summed E-state index contributed by atoms with van der Waals surface area (Å²) < 4.78 is 1.88. The Balaban J connectivity index is 0.00000256. The average molecular weight is 482 g/mol. The molecule has 0 radical (unpaired) electrons. The van der Waals surface area contributed by atoms with Crippen LogP contribution < -0.4 is 4.80 Å². The second kappa shape index (κ2) is 9.43. The highest BCUT2D eigenvalue weighted by Gasteiger charge is 2.13. The minimum Gasteiger partial charge on any atom is -0.285 e. The number of hydrogen-bond donors (Lipinski definition) is 0. The van der Waals surface area contributed by atoms with Gasteiger partial charge in [-0.05, 0) is 42.0 Å². The number of benzene rings is 3. The van der Waals surface area contributed by atoms with Gasteiger partial charge in [0.2, 0.25) is 0 Å². The molecular formula is C22H16BrN3O3S. The van der Waals surface area contributed by atoms with Crippen molar-refractivity contribution in [3.63, 3.8) is 0 Å². The summed E-state index contributed by atoms with van der Waals surface area (Å²) in [6, 6.07) is 24.8. The maximum atomic E-state index is 12.6. The van der Waals surface area contributed by atoms with Gasteiger partial charge in [0, 0.05) is 28.8 Å². The van der Waals surface area contributed by atoms with Crippen LogP contribution in [0.15, 0.2) is 95.3 Å². The van der Waals surface area contributed by atoms with Crippen LogP contribution in [0.5, 0.6) is 0 Å². The van der Waals surface area contributed by atoms with Crippen molar-refractivity contribution in [3.05, 3.63) is 111 Å². The van der Waals surface area contributed by atoms with Crippen molar-refractivity contribution in [1.82, 2.24) is 4.57 Å². The number of halogens is 1. The van der Waals surface area contributed by atoms with E-state index in [0.29, 0.717) is 10.4 Å². The number of nitrogens with zero attached hydrogens (tertiary/aromatic N) is 3. The number of hydrogen-bond acceptors (Lipinski definition) is 4. The molecule has 0 aliphatic carbocycles. The summed E-state index contributed by atoms with van der Waals surface area (Å²) in [5.74, 6) is -0.326. The summed E-state index contributed by atoms with van der Waals surface area (Å²) in [5, 5.41) is 12.8. The molecule has 3 aromatic carbocycles. The first-order valence-corrected chi connectivity index (χ1v) is 9.66. The van der Waals surface area contributed by atoms with Crippen molar-refractivity contribution < 1.29 is 9.72 Å². The molecule has 0 aliphatic heterocycles. The third kappa shape index (κ3) is 4.45. The van der Waals surface area contributed by atoms with Gasteiger partial charge < -0.3 is 0 Å². The Morgan fingerprint density at radius 3 is 2.10 bits per heavy atom. The van der Waals surface area contributed by atoms with Crippen molar-refractivity contribution in [2.75, 3.05) is 0 Å². The van der Waals surface area contributed by atoms with Gasteiger partial charge in [0.1, 0.15) is 0 Å². The lowest BCUT2D eigenvalue weighted by Gasteiger charge is -2.09. The standard InChI is InChI=1S/C22H15N3O3S.BrH/c26-21(17-7-3-1-4-8-17)23-22-24(18-9-5-2-6-10-18)20(15-29-22)16-11-13-19(14-12-16)25(27)28;/h1-15H;1H. The fourth-order valence-corrected chi connectivity index (χ4v) is 3.81. The van der Waals surface area contributed by atoms with E-state index in [4.69, 9.17) is 0 Å². The zero-order chi connectivity index (χ0) is 20.2. The zero-order valence-electron chi connectivity index (χ0n) is 15.5. The number of aromatic nitrogens is 1. The first-order valence-electron chi connectivity index (χ1n) is 8.78. The normalized spacial score (nSPS) is 11.0. The fourth-order valence-electron chi connectivity index (χ4n) is 2.90. The van der Waals surface area contributed by atoms with E-state index >= 15 is 0 Å². The van der Waals surface area contributed by atoms with Crippen LogP contribution in [-0.4, -0.2) is 15.4 Å². The predicted octanol–water partition coefficient (Wildman–Crippen LogP) is 5.43. The Labute approximate surface area is 186 Å². The van der Waals surface area contributed by atoms with Gasteiger partial charge in [0.15, 0.2) is 4.80 Å². The van der Waals surface area contributed by atoms with Gasteiger partial charge in [0.25, 0.3) is 11.6 Å². The lowest BCUT2D eigenvalue weighted by molar-refractivity contribution is -0.384. The third-order valence-electron chi connectivity index (χ3n) is 4.31. The third-order valence-corrected chi connectivity index (χ3v) is 5.14. The molecule has 0 N–H and O–H groups in total. The van der Waals surface area contributed by atoms with E-state index in [-0.39, 0.29) is 28.6 Å². The van der Waals surface area contributed by atoms with Crippen molar-refractivity contribution >= 4 is 39.9 Å². The molecule has 0 atom stereocenters. The molecule has 0 unspecified atom stereocenters. The summed E-state index contributed by atoms with van der Waals surface area (Å²) in [6.45, 7) is 0. The van der Waals surface area contributed by atoms with E-state index in [0.717, 1.165) is 16.9 Å². The molecule has 1 aromatic heterocycles. The monoisotopic (exact) mass is 481 g/mol. The number of carbonyl (C=O) groups is 1. The van der Waals surface area contributed by atoms with Crippen LogP contribution in [0, 0.1) is 10.1 Å². The largest absolute Gasteiger partial charge is 0.285 e. The summed E-state index contributed by atoms with van der Waals surface area (Å²) in [7, 11) is 0. The summed E-state index contributed by atoms with van der Waals surface area (Å²) in [6.07, 6.45) is 0. The number of para-hydroxylation sites is 1. The molecule has 1 heterocycles. The van der Waals surface area contributed by atoms with E-state index in [1.807, 2.05) is 46.3 Å². The molecule has 150 valence electrons. The van der Waals surface area contributed by atoms with E-state index in [2.05, 4.69) is 4.99 Å². The maximum absolute atomic E-state index is 12.6. The van der Waals surface area contributed by atoms with Crippen LogP contribution in [0.25, 0.3) is 16.9 Å². The quantitative estimate of drug-likeness (QED) is 0.287. The molecule has 0 aliphatic rings. The second-order valence-electron chi connectivity index (χ2n) is 6.16. The van der Waals surface area contributed by atoms with Crippen molar-refractivity contribution in [2.24, 2.45) is 4.99 Å². The van der Waals surface area contributed by atoms with Gasteiger partial charge in [-0.25, -0.2) is 0 Å².